The van der Waals surface area contributed by atoms with Gasteiger partial charge < -0.3 is 11.5 Å². The van der Waals surface area contributed by atoms with Crippen LogP contribution in [0.2, 0.25) is 0 Å². The van der Waals surface area contributed by atoms with E-state index in [0.29, 0.717) is 6.54 Å². The van der Waals surface area contributed by atoms with Crippen LogP contribution in [0.4, 0.5) is 0 Å². The largest absolute Gasteiger partial charge is 0.329 e. The molecule has 0 saturated heterocycles. The third kappa shape index (κ3) is 2.55. The minimum atomic E-state index is -0.0844. The second-order valence-corrected chi connectivity index (χ2v) is 4.38. The van der Waals surface area contributed by atoms with E-state index in [2.05, 4.69) is 31.9 Å². The standard InChI is InChI=1S/C8H10Br2N2/c9-6-1-5(8(12)4-11)2-7(10)3-6/h1-3,8H,4,11-12H2. The minimum absolute atomic E-state index is 0.0844. The van der Waals surface area contributed by atoms with Crippen LogP contribution in [-0.2, 0) is 0 Å². The highest BCUT2D eigenvalue weighted by atomic mass is 79.9. The summed E-state index contributed by atoms with van der Waals surface area (Å²) >= 11 is 6.77. The van der Waals surface area contributed by atoms with Gasteiger partial charge in [-0.05, 0) is 23.8 Å². The lowest BCUT2D eigenvalue weighted by Crippen LogP contribution is -2.20. The van der Waals surface area contributed by atoms with Crippen LogP contribution in [0.15, 0.2) is 27.1 Å². The number of benzene rings is 1. The molecule has 66 valence electrons. The van der Waals surface area contributed by atoms with Gasteiger partial charge in [-0.25, -0.2) is 0 Å². The zero-order chi connectivity index (χ0) is 9.14. The Morgan fingerprint density at radius 1 is 1.17 bits per heavy atom. The fraction of sp³-hybridized carbons (Fsp3) is 0.250. The van der Waals surface area contributed by atoms with Crippen LogP contribution in [0.25, 0.3) is 0 Å². The van der Waals surface area contributed by atoms with Gasteiger partial charge in [0.2, 0.25) is 0 Å². The first-order valence-electron chi connectivity index (χ1n) is 3.55. The van der Waals surface area contributed by atoms with Crippen molar-refractivity contribution in [2.45, 2.75) is 6.04 Å². The molecular formula is C8H10Br2N2. The normalized spacial score (nSPS) is 13.0. The first kappa shape index (κ1) is 10.2. The first-order chi connectivity index (χ1) is 5.63. The van der Waals surface area contributed by atoms with E-state index in [9.17, 15) is 0 Å². The molecule has 0 heterocycles. The molecule has 1 rings (SSSR count). The summed E-state index contributed by atoms with van der Waals surface area (Å²) in [6, 6.07) is 5.83. The Morgan fingerprint density at radius 3 is 2.08 bits per heavy atom. The Morgan fingerprint density at radius 2 is 1.67 bits per heavy atom. The fourth-order valence-corrected chi connectivity index (χ4v) is 2.25. The highest BCUT2D eigenvalue weighted by molar-refractivity contribution is 9.11. The maximum absolute atomic E-state index is 5.77. The molecule has 0 amide bonds. The third-order valence-corrected chi connectivity index (χ3v) is 2.48. The smallest absolute Gasteiger partial charge is 0.0420 e. The molecule has 0 aromatic heterocycles. The molecule has 0 aliphatic heterocycles. The molecule has 0 saturated carbocycles. The highest BCUT2D eigenvalue weighted by Gasteiger charge is 2.04. The topological polar surface area (TPSA) is 52.0 Å². The summed E-state index contributed by atoms with van der Waals surface area (Å²) in [5.74, 6) is 0. The van der Waals surface area contributed by atoms with E-state index in [1.807, 2.05) is 18.2 Å². The van der Waals surface area contributed by atoms with Crippen LogP contribution in [0.5, 0.6) is 0 Å². The van der Waals surface area contributed by atoms with Crippen LogP contribution in [0.3, 0.4) is 0 Å². The fourth-order valence-electron chi connectivity index (χ4n) is 0.925. The van der Waals surface area contributed by atoms with Gasteiger partial charge in [0.15, 0.2) is 0 Å². The highest BCUT2D eigenvalue weighted by Crippen LogP contribution is 2.22. The molecule has 12 heavy (non-hydrogen) atoms. The van der Waals surface area contributed by atoms with Crippen molar-refractivity contribution >= 4 is 31.9 Å². The number of nitrogens with two attached hydrogens (primary N) is 2. The molecule has 0 spiro atoms. The van der Waals surface area contributed by atoms with Crippen molar-refractivity contribution in [1.82, 2.24) is 0 Å². The van der Waals surface area contributed by atoms with Gasteiger partial charge in [-0.3, -0.25) is 0 Å². The molecule has 4 heteroatoms. The van der Waals surface area contributed by atoms with Gasteiger partial charge in [0.1, 0.15) is 0 Å². The maximum Gasteiger partial charge on any atom is 0.0420 e. The molecular weight excluding hydrogens is 284 g/mol. The zero-order valence-electron chi connectivity index (χ0n) is 6.43. The van der Waals surface area contributed by atoms with Crippen LogP contribution < -0.4 is 11.5 Å². The average Bonchev–Trinajstić information content (AvgIpc) is 2.01. The Kier molecular flexibility index (Phi) is 3.71. The molecule has 0 radical (unpaired) electrons. The van der Waals surface area contributed by atoms with Crippen LogP contribution in [0, 0.1) is 0 Å². The van der Waals surface area contributed by atoms with Crippen molar-refractivity contribution in [2.24, 2.45) is 11.5 Å². The van der Waals surface area contributed by atoms with Crippen molar-refractivity contribution in [1.29, 1.82) is 0 Å². The Labute approximate surface area is 88.6 Å². The summed E-state index contributed by atoms with van der Waals surface area (Å²) in [6.07, 6.45) is 0. The predicted molar refractivity (Wildman–Crippen MR) is 57.8 cm³/mol. The molecule has 2 nitrogen and oxygen atoms in total. The Bertz CT molecular complexity index is 256. The number of hydrogen-bond acceptors (Lipinski definition) is 2. The van der Waals surface area contributed by atoms with E-state index in [4.69, 9.17) is 11.5 Å². The number of halogens is 2. The number of hydrogen-bond donors (Lipinski definition) is 2. The van der Waals surface area contributed by atoms with Crippen molar-refractivity contribution in [3.05, 3.63) is 32.7 Å². The summed E-state index contributed by atoms with van der Waals surface area (Å²) in [5.41, 5.74) is 12.3. The number of rotatable bonds is 2. The van der Waals surface area contributed by atoms with Crippen molar-refractivity contribution in [3.63, 3.8) is 0 Å². The van der Waals surface area contributed by atoms with Crippen molar-refractivity contribution in [2.75, 3.05) is 6.54 Å². The molecule has 0 bridgehead atoms. The predicted octanol–water partition coefficient (Wildman–Crippen LogP) is 2.17. The SMILES string of the molecule is NCC(N)c1cc(Br)cc(Br)c1. The van der Waals surface area contributed by atoms with Gasteiger partial charge in [0, 0.05) is 21.5 Å². The Hall–Kier alpha value is 0.1000. The summed E-state index contributed by atoms with van der Waals surface area (Å²) < 4.78 is 2.02. The Balaban J connectivity index is 3.00. The molecule has 1 aromatic carbocycles. The van der Waals surface area contributed by atoms with Gasteiger partial charge in [-0.15, -0.1) is 0 Å². The lowest BCUT2D eigenvalue weighted by Gasteiger charge is -2.09. The molecule has 0 aliphatic carbocycles. The molecule has 1 aromatic rings. The second kappa shape index (κ2) is 4.37. The van der Waals surface area contributed by atoms with Gasteiger partial charge >= 0.3 is 0 Å². The molecule has 0 fully saturated rings. The average molecular weight is 294 g/mol. The van der Waals surface area contributed by atoms with Crippen molar-refractivity contribution in [3.8, 4) is 0 Å². The van der Waals surface area contributed by atoms with Gasteiger partial charge in [-0.1, -0.05) is 31.9 Å². The van der Waals surface area contributed by atoms with Gasteiger partial charge in [-0.2, -0.15) is 0 Å². The minimum Gasteiger partial charge on any atom is -0.329 e. The quantitative estimate of drug-likeness (QED) is 0.878. The van der Waals surface area contributed by atoms with E-state index < -0.39 is 0 Å². The lowest BCUT2D eigenvalue weighted by atomic mass is 10.1. The summed E-state index contributed by atoms with van der Waals surface area (Å²) in [6.45, 7) is 0.461. The molecule has 1 atom stereocenters. The zero-order valence-corrected chi connectivity index (χ0v) is 9.60. The second-order valence-electron chi connectivity index (χ2n) is 2.54. The molecule has 4 N–H and O–H groups in total. The van der Waals surface area contributed by atoms with E-state index >= 15 is 0 Å². The van der Waals surface area contributed by atoms with E-state index in [-0.39, 0.29) is 6.04 Å². The van der Waals surface area contributed by atoms with E-state index in [0.717, 1.165) is 14.5 Å². The molecule has 1 unspecified atom stereocenters. The van der Waals surface area contributed by atoms with Gasteiger partial charge in [0.25, 0.3) is 0 Å². The van der Waals surface area contributed by atoms with E-state index in [1.165, 1.54) is 0 Å². The van der Waals surface area contributed by atoms with Crippen LogP contribution in [0.1, 0.15) is 11.6 Å². The first-order valence-corrected chi connectivity index (χ1v) is 5.13. The maximum atomic E-state index is 5.77. The van der Waals surface area contributed by atoms with Gasteiger partial charge in [0.05, 0.1) is 0 Å². The van der Waals surface area contributed by atoms with E-state index in [1.54, 1.807) is 0 Å². The summed E-state index contributed by atoms with van der Waals surface area (Å²) in [5, 5.41) is 0. The summed E-state index contributed by atoms with van der Waals surface area (Å²) in [4.78, 5) is 0. The third-order valence-electron chi connectivity index (χ3n) is 1.57. The van der Waals surface area contributed by atoms with Crippen LogP contribution >= 0.6 is 31.9 Å². The summed E-state index contributed by atoms with van der Waals surface area (Å²) in [7, 11) is 0. The molecule has 0 aliphatic rings. The lowest BCUT2D eigenvalue weighted by molar-refractivity contribution is 0.736. The van der Waals surface area contributed by atoms with Crippen molar-refractivity contribution < 1.29 is 0 Å². The van der Waals surface area contributed by atoms with Crippen LogP contribution in [-0.4, -0.2) is 6.54 Å². The monoisotopic (exact) mass is 292 g/mol.